The maximum absolute atomic E-state index is 4.93. The summed E-state index contributed by atoms with van der Waals surface area (Å²) in [5.41, 5.74) is 9.08. The number of allylic oxidation sites excluding steroid dienone is 16. The monoisotopic (exact) mass is 681 g/mol. The molecule has 0 heterocycles. The molecule has 0 N–H and O–H groups in total. The fourth-order valence-corrected chi connectivity index (χ4v) is 2.98. The molecule has 0 aromatic carbocycles. The van der Waals surface area contributed by atoms with E-state index in [0.29, 0.717) is 0 Å². The van der Waals surface area contributed by atoms with Crippen LogP contribution in [0.1, 0.15) is 53.4 Å². The van der Waals surface area contributed by atoms with Crippen molar-refractivity contribution in [1.29, 1.82) is 0 Å². The molecule has 0 fully saturated rings. The van der Waals surface area contributed by atoms with Crippen LogP contribution in [0.2, 0.25) is 0 Å². The molecule has 0 spiro atoms. The Morgan fingerprint density at radius 3 is 1.12 bits per heavy atom. The normalized spacial score (nSPS) is 15.1. The van der Waals surface area contributed by atoms with E-state index in [4.69, 9.17) is 17.0 Å². The zero-order valence-electron chi connectivity index (χ0n) is 21.0. The van der Waals surface area contributed by atoms with Gasteiger partial charge in [-0.15, -0.1) is 12.8 Å². The topological polar surface area (TPSA) is 0 Å². The first-order valence-corrected chi connectivity index (χ1v) is 15.5. The van der Waals surface area contributed by atoms with Gasteiger partial charge >= 0.3 is 64.1 Å². The average molecular weight is 686 g/mol. The number of halogens is 4. The fraction of sp³-hybridized carbons (Fsp3) is 0.296. The van der Waals surface area contributed by atoms with Gasteiger partial charge in [-0.1, -0.05) is 23.3 Å². The second-order valence-electron chi connectivity index (χ2n) is 6.47. The van der Waals surface area contributed by atoms with E-state index in [9.17, 15) is 0 Å². The minimum Gasteiger partial charge on any atom is 2.00 e. The van der Waals surface area contributed by atoms with E-state index < -0.39 is 20.8 Å². The predicted octanol–water partition coefficient (Wildman–Crippen LogP) is 3.66. The number of rotatable bonds is 1. The molecule has 0 aromatic heterocycles. The van der Waals surface area contributed by atoms with Gasteiger partial charge in [0.05, 0.1) is 0 Å². The molecule has 4 aliphatic rings. The molecule has 4 rings (SSSR count). The van der Waals surface area contributed by atoms with Gasteiger partial charge in [-0.05, 0) is 62.8 Å². The van der Waals surface area contributed by atoms with Gasteiger partial charge in [0.25, 0.3) is 0 Å². The summed E-state index contributed by atoms with van der Waals surface area (Å²) in [5, 5.41) is 0. The summed E-state index contributed by atoms with van der Waals surface area (Å²) in [5.74, 6) is 0. The van der Waals surface area contributed by atoms with Crippen molar-refractivity contribution in [3.05, 3.63) is 116 Å². The van der Waals surface area contributed by atoms with Crippen LogP contribution in [0.25, 0.3) is 0 Å². The standard InChI is InChI=1S/C14H18.2C5H5.3CH3.4ClH.2Zr/c1-9-5-7-13(11(9)3)14-8-6-10(2)12(14)4;2*1-2-4-5-3-1;;;;;;;;;/h5-6H,7-8H2,1-4H3;2*1-3H,4H2;3*1H3;4*1H;;/q;5*-1;;;;;2*+2/p-4. The van der Waals surface area contributed by atoms with Gasteiger partial charge in [-0.25, -0.2) is 24.3 Å². The maximum atomic E-state index is 4.93. The van der Waals surface area contributed by atoms with Gasteiger partial charge in [0, 0.05) is 0 Å². The molecule has 0 radical (unpaired) electrons. The molecule has 6 heteroatoms. The second-order valence-corrected chi connectivity index (χ2v) is 10.2. The SMILES string of the molecule is CC1=CCC(C2=C(C)C(C)=CC2)=C1C.[C-]1=CC=CC1.[C-]1=CC=CC1.[CH3-].[CH3-].[CH3-].[Cl-].[Cl-].[Cl][Zr][Cl].[Zr+2]. The van der Waals surface area contributed by atoms with Gasteiger partial charge in [0.15, 0.2) is 0 Å². The minimum absolute atomic E-state index is 0. The van der Waals surface area contributed by atoms with Crippen LogP contribution in [0.4, 0.5) is 0 Å². The molecule has 0 saturated carbocycles. The van der Waals surface area contributed by atoms with Gasteiger partial charge in [-0.3, -0.25) is 12.2 Å². The maximum Gasteiger partial charge on any atom is 2.00 e. The summed E-state index contributed by atoms with van der Waals surface area (Å²) >= 11 is -0.826. The third-order valence-electron chi connectivity index (χ3n) is 4.85. The average Bonchev–Trinajstić information content (AvgIpc) is 3.45. The molecule has 0 bridgehead atoms. The summed E-state index contributed by atoms with van der Waals surface area (Å²) in [6, 6.07) is 0. The van der Waals surface area contributed by atoms with Gasteiger partial charge in [0.1, 0.15) is 0 Å². The molecule has 0 unspecified atom stereocenters. The van der Waals surface area contributed by atoms with Crippen LogP contribution in [-0.2, 0) is 47.1 Å². The van der Waals surface area contributed by atoms with Gasteiger partial charge in [0.2, 0.25) is 0 Å². The van der Waals surface area contributed by atoms with Crippen LogP contribution in [0.3, 0.4) is 0 Å². The van der Waals surface area contributed by atoms with Crippen molar-refractivity contribution in [1.82, 2.24) is 0 Å². The zero-order chi connectivity index (χ0) is 20.1. The van der Waals surface area contributed by atoms with E-state index in [-0.39, 0.29) is 73.3 Å². The first-order valence-electron chi connectivity index (χ1n) is 9.16. The quantitative estimate of drug-likeness (QED) is 0.370. The molecule has 0 amide bonds. The molecule has 0 aliphatic heterocycles. The molecule has 0 atom stereocenters. The van der Waals surface area contributed by atoms with Crippen molar-refractivity contribution < 1.29 is 71.9 Å². The van der Waals surface area contributed by atoms with Gasteiger partial charge in [-0.2, -0.15) is 12.2 Å². The van der Waals surface area contributed by atoms with E-state index in [2.05, 4.69) is 64.2 Å². The van der Waals surface area contributed by atoms with E-state index in [0.717, 1.165) is 25.7 Å². The summed E-state index contributed by atoms with van der Waals surface area (Å²) in [7, 11) is 9.87. The van der Waals surface area contributed by atoms with Crippen molar-refractivity contribution in [3.63, 3.8) is 0 Å². The molecule has 0 nitrogen and oxygen atoms in total. The van der Waals surface area contributed by atoms with E-state index in [1.54, 1.807) is 11.1 Å². The molecule has 4 aliphatic carbocycles. The molecule has 186 valence electrons. The van der Waals surface area contributed by atoms with Crippen LogP contribution in [0.5, 0.6) is 0 Å². The fourth-order valence-electron chi connectivity index (χ4n) is 2.98. The van der Waals surface area contributed by atoms with Crippen LogP contribution < -0.4 is 24.8 Å². The Morgan fingerprint density at radius 1 is 0.697 bits per heavy atom. The molecular weight excluding hydrogens is 649 g/mol. The first kappa shape index (κ1) is 47.1. The molecule has 33 heavy (non-hydrogen) atoms. The van der Waals surface area contributed by atoms with Gasteiger partial charge < -0.3 is 47.1 Å². The van der Waals surface area contributed by atoms with Crippen LogP contribution in [0, 0.1) is 34.4 Å². The van der Waals surface area contributed by atoms with E-state index in [1.807, 2.05) is 24.3 Å². The Labute approximate surface area is 256 Å². The number of hydrogen-bond donors (Lipinski definition) is 0. The summed E-state index contributed by atoms with van der Waals surface area (Å²) in [6.07, 6.45) is 27.0. The summed E-state index contributed by atoms with van der Waals surface area (Å²) < 4.78 is 0. The van der Waals surface area contributed by atoms with Crippen molar-refractivity contribution in [3.8, 4) is 0 Å². The minimum atomic E-state index is -0.826. The Balaban J connectivity index is -0.0000000819. The van der Waals surface area contributed by atoms with Crippen molar-refractivity contribution in [2.75, 3.05) is 0 Å². The molecular formula is C27H37Cl4Zr2-5. The van der Waals surface area contributed by atoms with Crippen molar-refractivity contribution in [2.24, 2.45) is 0 Å². The Morgan fingerprint density at radius 2 is 1.00 bits per heavy atom. The number of hydrogen-bond acceptors (Lipinski definition) is 0. The first-order chi connectivity index (χ1) is 13.0. The van der Waals surface area contributed by atoms with Crippen molar-refractivity contribution in [2.45, 2.75) is 53.4 Å². The summed E-state index contributed by atoms with van der Waals surface area (Å²) in [6.45, 7) is 8.94. The van der Waals surface area contributed by atoms with Crippen molar-refractivity contribution >= 4 is 17.0 Å². The van der Waals surface area contributed by atoms with Crippen LogP contribution in [-0.4, -0.2) is 0 Å². The smallest absolute Gasteiger partial charge is 2.00 e. The Bertz CT molecular complexity index is 655. The predicted molar refractivity (Wildman–Crippen MR) is 136 cm³/mol. The third-order valence-corrected chi connectivity index (χ3v) is 4.85. The van der Waals surface area contributed by atoms with E-state index in [1.165, 1.54) is 22.3 Å². The largest absolute Gasteiger partial charge is 2.00 e. The molecule has 0 aromatic rings. The van der Waals surface area contributed by atoms with Crippen LogP contribution >= 0.6 is 17.0 Å². The summed E-state index contributed by atoms with van der Waals surface area (Å²) in [4.78, 5) is 0. The zero-order valence-corrected chi connectivity index (χ0v) is 28.9. The van der Waals surface area contributed by atoms with Crippen LogP contribution in [0.15, 0.2) is 82.0 Å². The Hall–Kier alpha value is 0.846. The third kappa shape index (κ3) is 18.7. The second kappa shape index (κ2) is 29.1. The van der Waals surface area contributed by atoms with E-state index >= 15 is 0 Å². The Kier molecular flexibility index (Phi) is 41.5. The molecule has 0 saturated heterocycles.